The molecule has 1 aliphatic heterocycles. The third-order valence-corrected chi connectivity index (χ3v) is 4.31. The lowest BCUT2D eigenvalue weighted by Gasteiger charge is -2.37. The van der Waals surface area contributed by atoms with E-state index in [-0.39, 0.29) is 5.91 Å². The third-order valence-electron chi connectivity index (χ3n) is 3.97. The molecule has 2 rings (SSSR count). The van der Waals surface area contributed by atoms with Crippen molar-refractivity contribution in [3.63, 3.8) is 0 Å². The van der Waals surface area contributed by atoms with E-state index in [1.165, 1.54) is 6.42 Å². The number of aryl methyl sites for hydroxylation is 1. The molecule has 0 unspecified atom stereocenters. The summed E-state index contributed by atoms with van der Waals surface area (Å²) in [7, 11) is 0. The molecule has 1 aliphatic rings. The van der Waals surface area contributed by atoms with Crippen LogP contribution in [0.2, 0.25) is 0 Å². The minimum Gasteiger partial charge on any atom is -0.346 e. The first kappa shape index (κ1) is 15.0. The molecule has 0 bridgehead atoms. The zero-order chi connectivity index (χ0) is 14.5. The van der Waals surface area contributed by atoms with Crippen molar-refractivity contribution in [1.29, 1.82) is 0 Å². The SMILES string of the molecule is CC[C@H]1CCCCN1C(=S)NC(=O)c1ccccc1C. The molecule has 0 saturated carbocycles. The summed E-state index contributed by atoms with van der Waals surface area (Å²) >= 11 is 5.43. The van der Waals surface area contributed by atoms with E-state index in [1.54, 1.807) is 0 Å². The van der Waals surface area contributed by atoms with E-state index in [0.717, 1.165) is 31.4 Å². The Hall–Kier alpha value is -1.42. The van der Waals surface area contributed by atoms with Crippen molar-refractivity contribution in [3.05, 3.63) is 35.4 Å². The Morgan fingerprint density at radius 1 is 1.40 bits per heavy atom. The molecular formula is C16H22N2OS. The zero-order valence-corrected chi connectivity index (χ0v) is 13.0. The van der Waals surface area contributed by atoms with Crippen LogP contribution >= 0.6 is 12.2 Å². The molecule has 0 spiro atoms. The van der Waals surface area contributed by atoms with Crippen molar-refractivity contribution >= 4 is 23.2 Å². The first-order chi connectivity index (χ1) is 9.63. The second-order valence-electron chi connectivity index (χ2n) is 5.33. The maximum atomic E-state index is 12.3. The van der Waals surface area contributed by atoms with Gasteiger partial charge in [-0.3, -0.25) is 10.1 Å². The zero-order valence-electron chi connectivity index (χ0n) is 12.2. The Morgan fingerprint density at radius 3 is 2.85 bits per heavy atom. The van der Waals surface area contributed by atoms with Gasteiger partial charge < -0.3 is 4.90 Å². The number of nitrogens with one attached hydrogen (secondary N) is 1. The largest absolute Gasteiger partial charge is 0.346 e. The van der Waals surface area contributed by atoms with Crippen molar-refractivity contribution < 1.29 is 4.79 Å². The van der Waals surface area contributed by atoms with Crippen LogP contribution in [0.25, 0.3) is 0 Å². The fraction of sp³-hybridized carbons (Fsp3) is 0.500. The van der Waals surface area contributed by atoms with E-state index >= 15 is 0 Å². The number of thiocarbonyl (C=S) groups is 1. The Kier molecular flexibility index (Phi) is 5.12. The first-order valence-electron chi connectivity index (χ1n) is 7.31. The fourth-order valence-corrected chi connectivity index (χ4v) is 3.09. The van der Waals surface area contributed by atoms with E-state index < -0.39 is 0 Å². The van der Waals surface area contributed by atoms with Gasteiger partial charge in [0.25, 0.3) is 5.91 Å². The summed E-state index contributed by atoms with van der Waals surface area (Å²) in [5, 5.41) is 3.46. The molecule has 1 fully saturated rings. The summed E-state index contributed by atoms with van der Waals surface area (Å²) in [4.78, 5) is 14.5. The lowest BCUT2D eigenvalue weighted by Crippen LogP contribution is -2.49. The van der Waals surface area contributed by atoms with Crippen molar-refractivity contribution in [2.24, 2.45) is 0 Å². The van der Waals surface area contributed by atoms with Gasteiger partial charge in [0.1, 0.15) is 0 Å². The summed E-state index contributed by atoms with van der Waals surface area (Å²) in [6, 6.07) is 8.05. The summed E-state index contributed by atoms with van der Waals surface area (Å²) in [5.41, 5.74) is 1.67. The van der Waals surface area contributed by atoms with Gasteiger partial charge in [-0.1, -0.05) is 25.1 Å². The van der Waals surface area contributed by atoms with Crippen LogP contribution in [0, 0.1) is 6.92 Å². The predicted octanol–water partition coefficient (Wildman–Crippen LogP) is 3.27. The molecule has 1 aromatic rings. The smallest absolute Gasteiger partial charge is 0.257 e. The number of carbonyl (C=O) groups is 1. The quantitative estimate of drug-likeness (QED) is 0.848. The summed E-state index contributed by atoms with van der Waals surface area (Å²) in [5.74, 6) is -0.103. The molecule has 1 saturated heterocycles. The number of benzene rings is 1. The van der Waals surface area contributed by atoms with Crippen LogP contribution < -0.4 is 5.32 Å². The first-order valence-corrected chi connectivity index (χ1v) is 7.72. The number of hydrogen-bond acceptors (Lipinski definition) is 2. The number of piperidine rings is 1. The normalized spacial score (nSPS) is 18.7. The van der Waals surface area contributed by atoms with Gasteiger partial charge in [0.05, 0.1) is 0 Å². The molecule has 1 aromatic carbocycles. The molecule has 3 nitrogen and oxygen atoms in total. The van der Waals surface area contributed by atoms with E-state index in [1.807, 2.05) is 31.2 Å². The lowest BCUT2D eigenvalue weighted by molar-refractivity contribution is 0.0969. The number of amides is 1. The van der Waals surface area contributed by atoms with Gasteiger partial charge >= 0.3 is 0 Å². The highest BCUT2D eigenvalue weighted by Gasteiger charge is 2.24. The van der Waals surface area contributed by atoms with Gasteiger partial charge in [-0.15, -0.1) is 0 Å². The lowest BCUT2D eigenvalue weighted by atomic mass is 10.0. The summed E-state index contributed by atoms with van der Waals surface area (Å²) in [6.45, 7) is 5.06. The van der Waals surface area contributed by atoms with Crippen molar-refractivity contribution in [1.82, 2.24) is 10.2 Å². The molecule has 0 radical (unpaired) electrons. The van der Waals surface area contributed by atoms with Crippen molar-refractivity contribution in [2.45, 2.75) is 45.6 Å². The fourth-order valence-electron chi connectivity index (χ4n) is 2.76. The van der Waals surface area contributed by atoms with Gasteiger partial charge in [-0.2, -0.15) is 0 Å². The van der Waals surface area contributed by atoms with Gasteiger partial charge in [-0.25, -0.2) is 0 Å². The van der Waals surface area contributed by atoms with Crippen LogP contribution in [0.3, 0.4) is 0 Å². The third kappa shape index (κ3) is 3.37. The number of nitrogens with zero attached hydrogens (tertiary/aromatic N) is 1. The topological polar surface area (TPSA) is 32.3 Å². The monoisotopic (exact) mass is 290 g/mol. The van der Waals surface area contributed by atoms with E-state index in [9.17, 15) is 4.79 Å². The molecule has 1 N–H and O–H groups in total. The van der Waals surface area contributed by atoms with Crippen LogP contribution in [0.15, 0.2) is 24.3 Å². The molecule has 0 aromatic heterocycles. The standard InChI is InChI=1S/C16H22N2OS/c1-3-13-9-6-7-11-18(13)16(20)17-15(19)14-10-5-4-8-12(14)2/h4-5,8,10,13H,3,6-7,9,11H2,1-2H3,(H,17,19,20)/t13-/m0/s1. The molecule has 1 heterocycles. The van der Waals surface area contributed by atoms with E-state index in [2.05, 4.69) is 17.1 Å². The molecule has 1 atom stereocenters. The van der Waals surface area contributed by atoms with Crippen LogP contribution in [0.5, 0.6) is 0 Å². The van der Waals surface area contributed by atoms with Crippen LogP contribution in [0.4, 0.5) is 0 Å². The molecule has 1 amide bonds. The van der Waals surface area contributed by atoms with Gasteiger partial charge in [0.2, 0.25) is 0 Å². The van der Waals surface area contributed by atoms with Crippen LogP contribution in [-0.2, 0) is 0 Å². The van der Waals surface area contributed by atoms with Crippen molar-refractivity contribution in [3.8, 4) is 0 Å². The number of hydrogen-bond donors (Lipinski definition) is 1. The number of rotatable bonds is 2. The summed E-state index contributed by atoms with van der Waals surface area (Å²) < 4.78 is 0. The van der Waals surface area contributed by atoms with Crippen LogP contribution in [0.1, 0.15) is 48.5 Å². The van der Waals surface area contributed by atoms with Gasteiger partial charge in [-0.05, 0) is 56.5 Å². The molecular weight excluding hydrogens is 268 g/mol. The average Bonchev–Trinajstić information content (AvgIpc) is 2.47. The molecule has 20 heavy (non-hydrogen) atoms. The molecule has 4 heteroatoms. The second-order valence-corrected chi connectivity index (χ2v) is 5.71. The minimum absolute atomic E-state index is 0.103. The average molecular weight is 290 g/mol. The van der Waals surface area contributed by atoms with E-state index in [4.69, 9.17) is 12.2 Å². The summed E-state index contributed by atoms with van der Waals surface area (Å²) in [6.07, 6.45) is 4.64. The highest BCUT2D eigenvalue weighted by molar-refractivity contribution is 7.80. The number of carbonyl (C=O) groups excluding carboxylic acids is 1. The Bertz CT molecular complexity index is 501. The maximum Gasteiger partial charge on any atom is 0.257 e. The Labute approximate surface area is 126 Å². The minimum atomic E-state index is -0.103. The van der Waals surface area contributed by atoms with E-state index in [0.29, 0.717) is 16.7 Å². The van der Waals surface area contributed by atoms with Crippen molar-refractivity contribution in [2.75, 3.05) is 6.54 Å². The molecule has 108 valence electrons. The maximum absolute atomic E-state index is 12.3. The van der Waals surface area contributed by atoms with Crippen LogP contribution in [-0.4, -0.2) is 28.5 Å². The predicted molar refractivity (Wildman–Crippen MR) is 85.9 cm³/mol. The highest BCUT2D eigenvalue weighted by atomic mass is 32.1. The second kappa shape index (κ2) is 6.84. The van der Waals surface area contributed by atoms with Gasteiger partial charge in [0.15, 0.2) is 5.11 Å². The molecule has 0 aliphatic carbocycles. The van der Waals surface area contributed by atoms with Gasteiger partial charge in [0, 0.05) is 18.2 Å². The Balaban J connectivity index is 2.04. The highest BCUT2D eigenvalue weighted by Crippen LogP contribution is 2.19. The number of likely N-dealkylation sites (tertiary alicyclic amines) is 1. The Morgan fingerprint density at radius 2 is 2.15 bits per heavy atom.